The Bertz CT molecular complexity index is 321. The van der Waals surface area contributed by atoms with E-state index in [2.05, 4.69) is 0 Å². The van der Waals surface area contributed by atoms with Crippen molar-refractivity contribution in [3.63, 3.8) is 0 Å². The third-order valence-electron chi connectivity index (χ3n) is 3.56. The van der Waals surface area contributed by atoms with E-state index in [0.717, 1.165) is 12.8 Å². The third kappa shape index (κ3) is 2.69. The predicted molar refractivity (Wildman–Crippen MR) is 61.1 cm³/mol. The van der Waals surface area contributed by atoms with Crippen molar-refractivity contribution in [2.75, 3.05) is 26.2 Å². The lowest BCUT2D eigenvalue weighted by Crippen LogP contribution is -2.48. The number of hydrogen-bond acceptors (Lipinski definition) is 3. The highest BCUT2D eigenvalue weighted by Crippen LogP contribution is 2.21. The van der Waals surface area contributed by atoms with Gasteiger partial charge in [0, 0.05) is 26.2 Å². The first-order valence-electron chi connectivity index (χ1n) is 6.09. The molecule has 6 heteroatoms. The van der Waals surface area contributed by atoms with Gasteiger partial charge in [-0.1, -0.05) is 0 Å². The largest absolute Gasteiger partial charge is 0.391 e. The number of aliphatic hydroxyl groups is 1. The van der Waals surface area contributed by atoms with Gasteiger partial charge in [0.1, 0.15) is 0 Å². The molecule has 2 heterocycles. The number of carbonyl (C=O) groups is 2. The van der Waals surface area contributed by atoms with Crippen molar-refractivity contribution in [2.45, 2.75) is 25.4 Å². The van der Waals surface area contributed by atoms with Crippen molar-refractivity contribution in [1.82, 2.24) is 9.80 Å². The van der Waals surface area contributed by atoms with Crippen LogP contribution in [0.25, 0.3) is 0 Å². The third-order valence-corrected chi connectivity index (χ3v) is 3.56. The molecule has 96 valence electrons. The topological polar surface area (TPSA) is 86.9 Å². The van der Waals surface area contributed by atoms with Gasteiger partial charge in [-0.25, -0.2) is 4.79 Å². The van der Waals surface area contributed by atoms with Gasteiger partial charge in [0.05, 0.1) is 12.0 Å². The maximum absolute atomic E-state index is 12.2. The summed E-state index contributed by atoms with van der Waals surface area (Å²) in [6, 6.07) is -0.455. The second-order valence-electron chi connectivity index (χ2n) is 4.85. The van der Waals surface area contributed by atoms with Gasteiger partial charge in [-0.15, -0.1) is 0 Å². The quantitative estimate of drug-likeness (QED) is 0.641. The first-order chi connectivity index (χ1) is 8.08. The summed E-state index contributed by atoms with van der Waals surface area (Å²) in [7, 11) is 0. The summed E-state index contributed by atoms with van der Waals surface area (Å²) >= 11 is 0. The molecule has 1 unspecified atom stereocenters. The van der Waals surface area contributed by atoms with E-state index in [4.69, 9.17) is 5.73 Å². The number of aliphatic hydroxyl groups excluding tert-OH is 1. The molecule has 0 aliphatic carbocycles. The fourth-order valence-corrected chi connectivity index (χ4v) is 2.58. The number of hydrogen-bond donors (Lipinski definition) is 2. The fourth-order valence-electron chi connectivity index (χ4n) is 2.58. The number of β-amino-alcohol motifs (C(OH)–C–C–N with tert-alkyl or cyclic N) is 1. The highest BCUT2D eigenvalue weighted by Gasteiger charge is 2.33. The summed E-state index contributed by atoms with van der Waals surface area (Å²) < 4.78 is 0. The Morgan fingerprint density at radius 1 is 1.12 bits per heavy atom. The Morgan fingerprint density at radius 3 is 2.47 bits per heavy atom. The summed E-state index contributed by atoms with van der Waals surface area (Å²) in [6.07, 6.45) is 1.87. The van der Waals surface area contributed by atoms with Gasteiger partial charge < -0.3 is 20.6 Å². The van der Waals surface area contributed by atoms with Crippen LogP contribution in [-0.4, -0.2) is 59.1 Å². The zero-order valence-corrected chi connectivity index (χ0v) is 9.84. The number of piperidine rings is 1. The Hall–Kier alpha value is -1.30. The average Bonchev–Trinajstić information content (AvgIpc) is 2.75. The van der Waals surface area contributed by atoms with Crippen LogP contribution >= 0.6 is 0 Å². The monoisotopic (exact) mass is 241 g/mol. The smallest absolute Gasteiger partial charge is 0.314 e. The number of urea groups is 1. The summed E-state index contributed by atoms with van der Waals surface area (Å²) in [5, 5.41) is 9.41. The maximum Gasteiger partial charge on any atom is 0.314 e. The zero-order chi connectivity index (χ0) is 12.4. The number of nitrogens with zero attached hydrogens (tertiary/aromatic N) is 2. The van der Waals surface area contributed by atoms with Crippen molar-refractivity contribution < 1.29 is 14.7 Å². The molecule has 6 nitrogen and oxygen atoms in total. The Morgan fingerprint density at radius 2 is 1.88 bits per heavy atom. The van der Waals surface area contributed by atoms with Crippen LogP contribution in [0.4, 0.5) is 4.79 Å². The van der Waals surface area contributed by atoms with Crippen LogP contribution in [0.5, 0.6) is 0 Å². The molecule has 3 amide bonds. The van der Waals surface area contributed by atoms with Crippen LogP contribution < -0.4 is 5.73 Å². The van der Waals surface area contributed by atoms with Gasteiger partial charge in [-0.3, -0.25) is 4.79 Å². The Balaban J connectivity index is 1.93. The Labute approximate surface area is 100 Å². The molecule has 0 aromatic rings. The summed E-state index contributed by atoms with van der Waals surface area (Å²) in [6.45, 7) is 2.10. The lowest BCUT2D eigenvalue weighted by Gasteiger charge is -2.32. The van der Waals surface area contributed by atoms with Crippen LogP contribution in [0, 0.1) is 5.92 Å². The van der Waals surface area contributed by atoms with E-state index in [1.165, 1.54) is 4.90 Å². The molecule has 2 fully saturated rings. The molecule has 0 aromatic carbocycles. The van der Waals surface area contributed by atoms with Gasteiger partial charge in [0.25, 0.3) is 0 Å². The molecule has 0 spiro atoms. The molecule has 2 aliphatic heterocycles. The molecule has 0 bridgehead atoms. The van der Waals surface area contributed by atoms with Crippen molar-refractivity contribution in [3.8, 4) is 0 Å². The van der Waals surface area contributed by atoms with Gasteiger partial charge in [-0.05, 0) is 19.3 Å². The van der Waals surface area contributed by atoms with E-state index >= 15 is 0 Å². The van der Waals surface area contributed by atoms with Crippen molar-refractivity contribution in [2.24, 2.45) is 11.7 Å². The van der Waals surface area contributed by atoms with Gasteiger partial charge in [-0.2, -0.15) is 0 Å². The van der Waals surface area contributed by atoms with E-state index in [1.54, 1.807) is 4.90 Å². The molecule has 2 rings (SSSR count). The Kier molecular flexibility index (Phi) is 3.51. The molecule has 2 saturated heterocycles. The number of nitrogens with two attached hydrogens (primary N) is 1. The van der Waals surface area contributed by atoms with Crippen molar-refractivity contribution >= 4 is 11.9 Å². The van der Waals surface area contributed by atoms with Gasteiger partial charge in [0.2, 0.25) is 5.91 Å². The van der Waals surface area contributed by atoms with Crippen molar-refractivity contribution in [3.05, 3.63) is 0 Å². The van der Waals surface area contributed by atoms with E-state index < -0.39 is 12.1 Å². The molecule has 0 saturated carbocycles. The number of primary amides is 1. The molecule has 2 atom stereocenters. The zero-order valence-electron chi connectivity index (χ0n) is 9.84. The molecule has 2 aliphatic rings. The lowest BCUT2D eigenvalue weighted by atomic mass is 9.97. The summed E-state index contributed by atoms with van der Waals surface area (Å²) in [5.41, 5.74) is 5.23. The molecular weight excluding hydrogens is 222 g/mol. The highest BCUT2D eigenvalue weighted by atomic mass is 16.3. The van der Waals surface area contributed by atoms with E-state index in [1.807, 2.05) is 0 Å². The number of likely N-dealkylation sites (tertiary alicyclic amines) is 2. The lowest BCUT2D eigenvalue weighted by molar-refractivity contribution is -0.136. The average molecular weight is 241 g/mol. The number of rotatable bonds is 1. The van der Waals surface area contributed by atoms with Crippen LogP contribution in [-0.2, 0) is 4.79 Å². The van der Waals surface area contributed by atoms with Gasteiger partial charge in [0.15, 0.2) is 0 Å². The summed E-state index contributed by atoms with van der Waals surface area (Å²) in [5.74, 6) is -0.103. The fraction of sp³-hybridized carbons (Fsp3) is 0.818. The standard InChI is InChI=1S/C11H19N3O3/c12-11(17)14-4-1-2-8(6-14)10(16)13-5-3-9(15)7-13/h8-9,15H,1-7H2,(H2,12,17)/t8?,9-/m1/s1. The van der Waals surface area contributed by atoms with Crippen LogP contribution in [0.1, 0.15) is 19.3 Å². The number of amides is 3. The minimum atomic E-state index is -0.455. The molecule has 0 radical (unpaired) electrons. The van der Waals surface area contributed by atoms with Crippen molar-refractivity contribution in [1.29, 1.82) is 0 Å². The maximum atomic E-state index is 12.2. The molecular formula is C11H19N3O3. The van der Waals surface area contributed by atoms with Crippen LogP contribution in [0.2, 0.25) is 0 Å². The summed E-state index contributed by atoms with van der Waals surface area (Å²) in [4.78, 5) is 26.4. The van der Waals surface area contributed by atoms with Gasteiger partial charge >= 0.3 is 6.03 Å². The molecule has 0 aromatic heterocycles. The SMILES string of the molecule is NC(=O)N1CCCC(C(=O)N2CC[C@@H](O)C2)C1. The molecule has 17 heavy (non-hydrogen) atoms. The first kappa shape index (κ1) is 12.2. The number of carbonyl (C=O) groups excluding carboxylic acids is 2. The van der Waals surface area contributed by atoms with E-state index in [0.29, 0.717) is 32.6 Å². The van der Waals surface area contributed by atoms with Crippen LogP contribution in [0.3, 0.4) is 0 Å². The highest BCUT2D eigenvalue weighted by molar-refractivity contribution is 5.80. The predicted octanol–water partition coefficient (Wildman–Crippen LogP) is -0.630. The second-order valence-corrected chi connectivity index (χ2v) is 4.85. The first-order valence-corrected chi connectivity index (χ1v) is 6.09. The normalized spacial score (nSPS) is 29.5. The minimum Gasteiger partial charge on any atom is -0.391 e. The minimum absolute atomic E-state index is 0.0486. The molecule has 3 N–H and O–H groups in total. The second kappa shape index (κ2) is 4.91. The van der Waals surface area contributed by atoms with E-state index in [-0.39, 0.29) is 11.8 Å². The van der Waals surface area contributed by atoms with E-state index in [9.17, 15) is 14.7 Å². The van der Waals surface area contributed by atoms with Crippen LogP contribution in [0.15, 0.2) is 0 Å².